The maximum Gasteiger partial charge on any atom is 0.242 e. The van der Waals surface area contributed by atoms with Crippen LogP contribution < -0.4 is 10.1 Å². The van der Waals surface area contributed by atoms with E-state index in [1.54, 1.807) is 0 Å². The zero-order valence-electron chi connectivity index (χ0n) is 11.3. The van der Waals surface area contributed by atoms with Crippen LogP contribution in [0.4, 0.5) is 8.78 Å². The molecule has 108 valence electrons. The van der Waals surface area contributed by atoms with Crippen molar-refractivity contribution < 1.29 is 13.5 Å². The molecule has 6 heteroatoms. The van der Waals surface area contributed by atoms with Crippen LogP contribution in [0.2, 0.25) is 0 Å². The molecule has 3 rings (SSSR count). The summed E-state index contributed by atoms with van der Waals surface area (Å²) in [6.07, 6.45) is 1.87. The van der Waals surface area contributed by atoms with Gasteiger partial charge >= 0.3 is 0 Å². The smallest absolute Gasteiger partial charge is 0.242 e. The number of pyridine rings is 1. The van der Waals surface area contributed by atoms with Crippen LogP contribution in [-0.4, -0.2) is 16.4 Å². The lowest BCUT2D eigenvalue weighted by Gasteiger charge is -2.06. The normalized spacial score (nSPS) is 11.0. The van der Waals surface area contributed by atoms with Gasteiger partial charge in [-0.2, -0.15) is 4.98 Å². The van der Waals surface area contributed by atoms with Crippen molar-refractivity contribution in [1.82, 2.24) is 14.7 Å². The lowest BCUT2D eigenvalue weighted by Crippen LogP contribution is -2.08. The fourth-order valence-electron chi connectivity index (χ4n) is 2.09. The topological polar surface area (TPSA) is 38.6 Å². The predicted octanol–water partition coefficient (Wildman–Crippen LogP) is 3.12. The highest BCUT2D eigenvalue weighted by Crippen LogP contribution is 2.26. The highest BCUT2D eigenvalue weighted by Gasteiger charge is 2.14. The molecule has 0 aliphatic carbocycles. The Morgan fingerprint density at radius 2 is 2.05 bits per heavy atom. The van der Waals surface area contributed by atoms with Gasteiger partial charge < -0.3 is 10.1 Å². The average Bonchev–Trinajstić information content (AvgIpc) is 2.81. The largest absolute Gasteiger partial charge is 0.437 e. The molecule has 0 amide bonds. The standard InChI is InChI=1S/C15H13F2N3O/c1-18-9-13-15(19-14-4-2-3-7-20(13)14)21-10-5-6-11(16)12(17)8-10/h2-8,18H,9H2,1H3. The van der Waals surface area contributed by atoms with Crippen LogP contribution in [0.3, 0.4) is 0 Å². The van der Waals surface area contributed by atoms with Gasteiger partial charge in [0.25, 0.3) is 0 Å². The van der Waals surface area contributed by atoms with E-state index in [0.29, 0.717) is 12.4 Å². The Balaban J connectivity index is 2.02. The van der Waals surface area contributed by atoms with Crippen LogP contribution in [0.25, 0.3) is 5.65 Å². The number of imidazole rings is 1. The molecule has 0 fully saturated rings. The van der Waals surface area contributed by atoms with Gasteiger partial charge in [0.1, 0.15) is 17.1 Å². The van der Waals surface area contributed by atoms with Gasteiger partial charge in [-0.25, -0.2) is 8.78 Å². The molecule has 0 radical (unpaired) electrons. The Bertz CT molecular complexity index is 786. The summed E-state index contributed by atoms with van der Waals surface area (Å²) < 4.78 is 33.7. The van der Waals surface area contributed by atoms with E-state index >= 15 is 0 Å². The first-order valence-electron chi connectivity index (χ1n) is 6.42. The number of hydrogen-bond acceptors (Lipinski definition) is 3. The molecule has 2 aromatic heterocycles. The molecule has 21 heavy (non-hydrogen) atoms. The zero-order chi connectivity index (χ0) is 14.8. The molecule has 0 aliphatic heterocycles. The molecule has 0 saturated heterocycles. The second kappa shape index (κ2) is 5.49. The minimum Gasteiger partial charge on any atom is -0.437 e. The van der Waals surface area contributed by atoms with Crippen molar-refractivity contribution in [2.75, 3.05) is 7.05 Å². The number of hydrogen-bond donors (Lipinski definition) is 1. The van der Waals surface area contributed by atoms with Crippen LogP contribution in [0.15, 0.2) is 42.6 Å². The van der Waals surface area contributed by atoms with Crippen LogP contribution in [-0.2, 0) is 6.54 Å². The highest BCUT2D eigenvalue weighted by molar-refractivity contribution is 5.46. The molecule has 0 bridgehead atoms. The molecule has 4 nitrogen and oxygen atoms in total. The number of halogens is 2. The predicted molar refractivity (Wildman–Crippen MR) is 74.4 cm³/mol. The summed E-state index contributed by atoms with van der Waals surface area (Å²) in [6, 6.07) is 8.99. The summed E-state index contributed by atoms with van der Waals surface area (Å²) in [7, 11) is 1.81. The lowest BCUT2D eigenvalue weighted by molar-refractivity contribution is 0.443. The Hall–Kier alpha value is -2.47. The maximum atomic E-state index is 13.2. The third kappa shape index (κ3) is 2.57. The number of ether oxygens (including phenoxy) is 1. The Morgan fingerprint density at radius 3 is 2.81 bits per heavy atom. The summed E-state index contributed by atoms with van der Waals surface area (Å²) in [5.41, 5.74) is 1.53. The Kier molecular flexibility index (Phi) is 3.53. The molecular weight excluding hydrogens is 276 g/mol. The van der Waals surface area contributed by atoms with E-state index in [1.165, 1.54) is 6.07 Å². The third-order valence-electron chi connectivity index (χ3n) is 3.04. The van der Waals surface area contributed by atoms with E-state index in [1.807, 2.05) is 35.8 Å². The van der Waals surface area contributed by atoms with Crippen LogP contribution in [0, 0.1) is 11.6 Å². The first-order valence-corrected chi connectivity index (χ1v) is 6.42. The Morgan fingerprint density at radius 1 is 1.19 bits per heavy atom. The number of fused-ring (bicyclic) bond motifs is 1. The van der Waals surface area contributed by atoms with Gasteiger partial charge in [0.15, 0.2) is 11.6 Å². The molecule has 1 N–H and O–H groups in total. The van der Waals surface area contributed by atoms with Gasteiger partial charge in [0.05, 0.1) is 0 Å². The van der Waals surface area contributed by atoms with Gasteiger partial charge in [-0.05, 0) is 31.3 Å². The van der Waals surface area contributed by atoms with Crippen LogP contribution >= 0.6 is 0 Å². The van der Waals surface area contributed by atoms with Crippen molar-refractivity contribution in [3.05, 3.63) is 59.9 Å². The summed E-state index contributed by atoms with van der Waals surface area (Å²) in [5, 5.41) is 3.03. The molecule has 3 aromatic rings. The molecular formula is C15H13F2N3O. The number of aromatic nitrogens is 2. The van der Waals surface area contributed by atoms with Crippen molar-refractivity contribution in [1.29, 1.82) is 0 Å². The summed E-state index contributed by atoms with van der Waals surface area (Å²) in [6.45, 7) is 0.532. The number of nitrogens with one attached hydrogen (secondary N) is 1. The van der Waals surface area contributed by atoms with E-state index in [0.717, 1.165) is 23.5 Å². The van der Waals surface area contributed by atoms with Gasteiger partial charge in [0.2, 0.25) is 5.88 Å². The number of benzene rings is 1. The van der Waals surface area contributed by atoms with E-state index < -0.39 is 11.6 Å². The summed E-state index contributed by atoms with van der Waals surface area (Å²) in [4.78, 5) is 4.36. The van der Waals surface area contributed by atoms with E-state index in [4.69, 9.17) is 4.74 Å². The second-order valence-electron chi connectivity index (χ2n) is 4.50. The highest BCUT2D eigenvalue weighted by atomic mass is 19.2. The van der Waals surface area contributed by atoms with Crippen molar-refractivity contribution in [3.63, 3.8) is 0 Å². The minimum atomic E-state index is -0.952. The summed E-state index contributed by atoms with van der Waals surface area (Å²) in [5.74, 6) is -1.30. The van der Waals surface area contributed by atoms with Crippen LogP contribution in [0.5, 0.6) is 11.6 Å². The molecule has 1 aromatic carbocycles. The molecule has 0 saturated carbocycles. The number of nitrogens with zero attached hydrogens (tertiary/aromatic N) is 2. The fourth-order valence-corrected chi connectivity index (χ4v) is 2.09. The minimum absolute atomic E-state index is 0.203. The van der Waals surface area contributed by atoms with Gasteiger partial charge in [0, 0.05) is 18.8 Å². The quantitative estimate of drug-likeness (QED) is 0.802. The third-order valence-corrected chi connectivity index (χ3v) is 3.04. The van der Waals surface area contributed by atoms with E-state index in [-0.39, 0.29) is 5.75 Å². The maximum absolute atomic E-state index is 13.2. The number of rotatable bonds is 4. The van der Waals surface area contributed by atoms with Crippen LogP contribution in [0.1, 0.15) is 5.69 Å². The lowest BCUT2D eigenvalue weighted by atomic mass is 10.3. The van der Waals surface area contributed by atoms with E-state index in [2.05, 4.69) is 10.3 Å². The monoisotopic (exact) mass is 289 g/mol. The Labute approximate surface area is 120 Å². The second-order valence-corrected chi connectivity index (χ2v) is 4.50. The first kappa shape index (κ1) is 13.5. The summed E-state index contributed by atoms with van der Waals surface area (Å²) >= 11 is 0. The SMILES string of the molecule is CNCc1c(Oc2ccc(F)c(F)c2)nc2ccccn12. The molecule has 2 heterocycles. The van der Waals surface area contributed by atoms with E-state index in [9.17, 15) is 8.78 Å². The van der Waals surface area contributed by atoms with Gasteiger partial charge in [-0.15, -0.1) is 0 Å². The van der Waals surface area contributed by atoms with Crippen molar-refractivity contribution in [3.8, 4) is 11.6 Å². The molecule has 0 aliphatic rings. The van der Waals surface area contributed by atoms with Gasteiger partial charge in [-0.3, -0.25) is 4.40 Å². The zero-order valence-corrected chi connectivity index (χ0v) is 11.3. The van der Waals surface area contributed by atoms with Crippen molar-refractivity contribution in [2.24, 2.45) is 0 Å². The molecule has 0 unspecified atom stereocenters. The van der Waals surface area contributed by atoms with Crippen molar-refractivity contribution >= 4 is 5.65 Å². The fraction of sp³-hybridized carbons (Fsp3) is 0.133. The van der Waals surface area contributed by atoms with Crippen molar-refractivity contribution in [2.45, 2.75) is 6.54 Å². The van der Waals surface area contributed by atoms with Gasteiger partial charge in [-0.1, -0.05) is 6.07 Å². The molecule has 0 atom stereocenters. The first-order chi connectivity index (χ1) is 10.2. The molecule has 0 spiro atoms. The average molecular weight is 289 g/mol.